The Kier molecular flexibility index (Phi) is 6.23. The first-order chi connectivity index (χ1) is 16.6. The van der Waals surface area contributed by atoms with Crippen molar-refractivity contribution in [1.29, 1.82) is 0 Å². The molecule has 0 saturated carbocycles. The molecule has 6 nitrogen and oxygen atoms in total. The molecule has 2 aliphatic rings. The smallest absolute Gasteiger partial charge is 0.254 e. The zero-order valence-electron chi connectivity index (χ0n) is 18.4. The van der Waals surface area contributed by atoms with Crippen LogP contribution in [0.1, 0.15) is 22.3 Å². The van der Waals surface area contributed by atoms with Crippen LogP contribution >= 0.6 is 11.6 Å². The van der Waals surface area contributed by atoms with E-state index < -0.39 is 6.04 Å². The van der Waals surface area contributed by atoms with Crippen LogP contribution in [-0.2, 0) is 11.3 Å². The van der Waals surface area contributed by atoms with Crippen molar-refractivity contribution >= 4 is 23.4 Å². The van der Waals surface area contributed by atoms with E-state index in [2.05, 4.69) is 5.32 Å². The van der Waals surface area contributed by atoms with Gasteiger partial charge in [-0.2, -0.15) is 0 Å². The van der Waals surface area contributed by atoms with Gasteiger partial charge >= 0.3 is 0 Å². The molecule has 3 aromatic carbocycles. The zero-order valence-corrected chi connectivity index (χ0v) is 19.1. The quantitative estimate of drug-likeness (QED) is 0.580. The van der Waals surface area contributed by atoms with Crippen LogP contribution in [0.3, 0.4) is 0 Å². The van der Waals surface area contributed by atoms with E-state index in [1.807, 2.05) is 60.7 Å². The van der Waals surface area contributed by atoms with Gasteiger partial charge in [0.1, 0.15) is 6.04 Å². The summed E-state index contributed by atoms with van der Waals surface area (Å²) in [7, 11) is 0. The predicted molar refractivity (Wildman–Crippen MR) is 130 cm³/mol. The number of amides is 2. The van der Waals surface area contributed by atoms with Crippen LogP contribution in [0.15, 0.2) is 83.9 Å². The van der Waals surface area contributed by atoms with Gasteiger partial charge in [-0.3, -0.25) is 9.59 Å². The van der Waals surface area contributed by atoms with E-state index in [0.717, 1.165) is 22.3 Å². The van der Waals surface area contributed by atoms with Crippen molar-refractivity contribution < 1.29 is 19.1 Å². The molecule has 2 amide bonds. The van der Waals surface area contributed by atoms with Crippen molar-refractivity contribution in [3.8, 4) is 22.6 Å². The standard InChI is InChI=1S/C27H23ClN2O4/c28-14-19-12-23(26(31)29-15-18-6-11-24-25(13-18)34-17-33-24)30(16-19)27(32)22-9-7-21(8-10-22)20-4-2-1-3-5-20/h1-11,13-14,23H,12,15-17H2,(H,29,31)/t23-/m0/s1. The Hall–Kier alpha value is -3.77. The maximum absolute atomic E-state index is 13.3. The van der Waals surface area contributed by atoms with Crippen molar-refractivity contribution in [2.45, 2.75) is 19.0 Å². The summed E-state index contributed by atoms with van der Waals surface area (Å²) in [5.41, 5.74) is 5.83. The minimum absolute atomic E-state index is 0.198. The lowest BCUT2D eigenvalue weighted by Crippen LogP contribution is -2.45. The molecule has 5 rings (SSSR count). The number of ether oxygens (including phenoxy) is 2. The number of rotatable bonds is 5. The third-order valence-corrected chi connectivity index (χ3v) is 6.37. The van der Waals surface area contributed by atoms with Crippen molar-refractivity contribution in [3.05, 3.63) is 95.0 Å². The van der Waals surface area contributed by atoms with Crippen LogP contribution in [0.5, 0.6) is 11.5 Å². The third-order valence-electron chi connectivity index (χ3n) is 6.07. The Balaban J connectivity index is 1.29. The van der Waals surface area contributed by atoms with Crippen LogP contribution in [-0.4, -0.2) is 36.1 Å². The maximum atomic E-state index is 13.3. The first-order valence-corrected chi connectivity index (χ1v) is 11.5. The molecule has 2 aliphatic heterocycles. The summed E-state index contributed by atoms with van der Waals surface area (Å²) in [6.45, 7) is 0.842. The van der Waals surface area contributed by atoms with E-state index in [9.17, 15) is 9.59 Å². The molecule has 0 radical (unpaired) electrons. The fraction of sp³-hybridized carbons (Fsp3) is 0.185. The number of halogens is 1. The van der Waals surface area contributed by atoms with Crippen LogP contribution in [0.2, 0.25) is 0 Å². The summed E-state index contributed by atoms with van der Waals surface area (Å²) in [6, 6.07) is 22.3. The predicted octanol–water partition coefficient (Wildman–Crippen LogP) is 4.74. The highest BCUT2D eigenvalue weighted by Crippen LogP contribution is 2.32. The van der Waals surface area contributed by atoms with E-state index in [0.29, 0.717) is 36.6 Å². The Labute approximate surface area is 202 Å². The second-order valence-electron chi connectivity index (χ2n) is 8.27. The molecular weight excluding hydrogens is 452 g/mol. The molecule has 0 aromatic heterocycles. The lowest BCUT2D eigenvalue weighted by Gasteiger charge is -2.24. The van der Waals surface area contributed by atoms with Gasteiger partial charge in [-0.1, -0.05) is 60.1 Å². The van der Waals surface area contributed by atoms with Gasteiger partial charge in [-0.15, -0.1) is 0 Å². The average Bonchev–Trinajstić information content (AvgIpc) is 3.54. The summed E-state index contributed by atoms with van der Waals surface area (Å²) in [4.78, 5) is 28.0. The maximum Gasteiger partial charge on any atom is 0.254 e. The second-order valence-corrected chi connectivity index (χ2v) is 8.49. The number of nitrogens with one attached hydrogen (secondary N) is 1. The molecule has 1 saturated heterocycles. The lowest BCUT2D eigenvalue weighted by molar-refractivity contribution is -0.125. The number of benzene rings is 3. The Morgan fingerprint density at radius 1 is 0.971 bits per heavy atom. The first kappa shape index (κ1) is 22.0. The van der Waals surface area contributed by atoms with Crippen LogP contribution in [0.25, 0.3) is 11.1 Å². The van der Waals surface area contributed by atoms with Gasteiger partial charge in [0.15, 0.2) is 11.5 Å². The number of hydrogen-bond donors (Lipinski definition) is 1. The molecule has 1 fully saturated rings. The molecule has 0 spiro atoms. The highest BCUT2D eigenvalue weighted by molar-refractivity contribution is 6.25. The molecule has 0 bridgehead atoms. The van der Waals surface area contributed by atoms with Crippen LogP contribution in [0.4, 0.5) is 0 Å². The average molecular weight is 475 g/mol. The van der Waals surface area contributed by atoms with Crippen molar-refractivity contribution in [3.63, 3.8) is 0 Å². The molecule has 1 N–H and O–H groups in total. The van der Waals surface area contributed by atoms with Gasteiger partial charge in [0, 0.05) is 30.6 Å². The van der Waals surface area contributed by atoms with Gasteiger partial charge in [0.05, 0.1) is 0 Å². The molecule has 172 valence electrons. The van der Waals surface area contributed by atoms with Crippen molar-refractivity contribution in [1.82, 2.24) is 10.2 Å². The van der Waals surface area contributed by atoms with Gasteiger partial charge in [0.25, 0.3) is 5.91 Å². The van der Waals surface area contributed by atoms with Crippen molar-refractivity contribution in [2.24, 2.45) is 0 Å². The molecule has 1 atom stereocenters. The molecule has 0 aliphatic carbocycles. The topological polar surface area (TPSA) is 67.9 Å². The number of hydrogen-bond acceptors (Lipinski definition) is 4. The monoisotopic (exact) mass is 474 g/mol. The van der Waals surface area contributed by atoms with Gasteiger partial charge in [-0.25, -0.2) is 0 Å². The van der Waals surface area contributed by atoms with E-state index >= 15 is 0 Å². The fourth-order valence-electron chi connectivity index (χ4n) is 4.24. The van der Waals surface area contributed by atoms with E-state index in [1.165, 1.54) is 5.54 Å². The highest BCUT2D eigenvalue weighted by Gasteiger charge is 2.37. The van der Waals surface area contributed by atoms with E-state index in [4.69, 9.17) is 21.1 Å². The number of nitrogens with zero attached hydrogens (tertiary/aromatic N) is 1. The minimum atomic E-state index is -0.625. The Morgan fingerprint density at radius 2 is 1.71 bits per heavy atom. The largest absolute Gasteiger partial charge is 0.454 e. The normalized spacial score (nSPS) is 17.7. The summed E-state index contributed by atoms with van der Waals surface area (Å²) in [5.74, 6) is 0.936. The molecule has 7 heteroatoms. The third kappa shape index (κ3) is 4.50. The number of carbonyl (C=O) groups is 2. The molecule has 3 aromatic rings. The minimum Gasteiger partial charge on any atom is -0.454 e. The molecular formula is C27H23ClN2O4. The summed E-state index contributed by atoms with van der Waals surface area (Å²) >= 11 is 5.95. The highest BCUT2D eigenvalue weighted by atomic mass is 35.5. The fourth-order valence-corrected chi connectivity index (χ4v) is 4.40. The summed E-state index contributed by atoms with van der Waals surface area (Å²) < 4.78 is 10.7. The second kappa shape index (κ2) is 9.61. The summed E-state index contributed by atoms with van der Waals surface area (Å²) in [5, 5.41) is 2.94. The van der Waals surface area contributed by atoms with Crippen molar-refractivity contribution in [2.75, 3.05) is 13.3 Å². The number of carbonyl (C=O) groups excluding carboxylic acids is 2. The Morgan fingerprint density at radius 3 is 2.47 bits per heavy atom. The van der Waals surface area contributed by atoms with Crippen LogP contribution in [0, 0.1) is 0 Å². The first-order valence-electron chi connectivity index (χ1n) is 11.0. The molecule has 0 unspecified atom stereocenters. The van der Waals surface area contributed by atoms with Crippen LogP contribution < -0.4 is 14.8 Å². The number of fused-ring (bicyclic) bond motifs is 1. The van der Waals surface area contributed by atoms with Gasteiger partial charge < -0.3 is 19.7 Å². The van der Waals surface area contributed by atoms with E-state index in [1.54, 1.807) is 17.0 Å². The van der Waals surface area contributed by atoms with E-state index in [-0.39, 0.29) is 18.6 Å². The van der Waals surface area contributed by atoms with Gasteiger partial charge in [-0.05, 0) is 46.5 Å². The SMILES string of the molecule is O=C(NCc1ccc2c(c1)OCO2)[C@@H]1CC(=CCl)CN1C(=O)c1ccc(-c2ccccc2)cc1. The Bertz CT molecular complexity index is 1240. The molecule has 2 heterocycles. The zero-order chi connectivity index (χ0) is 23.5. The number of likely N-dealkylation sites (tertiary alicyclic amines) is 1. The summed E-state index contributed by atoms with van der Waals surface area (Å²) in [6.07, 6.45) is 0.407. The molecule has 34 heavy (non-hydrogen) atoms. The van der Waals surface area contributed by atoms with Gasteiger partial charge in [0.2, 0.25) is 12.7 Å². The lowest BCUT2D eigenvalue weighted by atomic mass is 10.0.